The van der Waals surface area contributed by atoms with E-state index < -0.39 is 0 Å². The Balaban J connectivity index is 2.86. The number of aromatic nitrogens is 1. The second-order valence-corrected chi connectivity index (χ2v) is 8.24. The fraction of sp³-hybridized carbons (Fsp3) is 0.824. The summed E-state index contributed by atoms with van der Waals surface area (Å²) in [7, 11) is 2.17. The van der Waals surface area contributed by atoms with E-state index in [2.05, 4.69) is 58.8 Å². The summed E-state index contributed by atoms with van der Waals surface area (Å²) in [6.45, 7) is 15.4. The third-order valence-corrected chi connectivity index (χ3v) is 4.66. The van der Waals surface area contributed by atoms with Gasteiger partial charge in [0.05, 0.1) is 5.69 Å². The molecule has 4 heteroatoms. The van der Waals surface area contributed by atoms with Crippen LogP contribution in [-0.4, -0.2) is 24.6 Å². The van der Waals surface area contributed by atoms with Crippen molar-refractivity contribution in [1.29, 1.82) is 0 Å². The van der Waals surface area contributed by atoms with Crippen molar-refractivity contribution in [2.24, 2.45) is 0 Å². The standard InChI is InChI=1S/C17H33N3S/c1-8-9-10-11-20(7)16-19-15(17(4,5)6)14(21-16)12-18-13(2)3/h13,18H,8-12H2,1-7H3. The number of rotatable bonds is 8. The first kappa shape index (κ1) is 18.4. The van der Waals surface area contributed by atoms with Gasteiger partial charge in [-0.15, -0.1) is 11.3 Å². The van der Waals surface area contributed by atoms with E-state index >= 15 is 0 Å². The molecule has 0 saturated heterocycles. The number of hydrogen-bond donors (Lipinski definition) is 1. The molecule has 0 atom stereocenters. The SMILES string of the molecule is CCCCCN(C)c1nc(C(C)(C)C)c(CNC(C)C)s1. The molecule has 0 saturated carbocycles. The number of hydrogen-bond acceptors (Lipinski definition) is 4. The van der Waals surface area contributed by atoms with Gasteiger partial charge in [0.1, 0.15) is 0 Å². The van der Waals surface area contributed by atoms with Crippen LogP contribution in [0.3, 0.4) is 0 Å². The van der Waals surface area contributed by atoms with E-state index in [1.54, 1.807) is 0 Å². The molecule has 1 heterocycles. The predicted octanol–water partition coefficient (Wildman–Crippen LogP) is 4.57. The van der Waals surface area contributed by atoms with Crippen molar-refractivity contribution in [2.45, 2.75) is 78.8 Å². The fourth-order valence-electron chi connectivity index (χ4n) is 2.20. The van der Waals surface area contributed by atoms with Crippen LogP contribution in [0.5, 0.6) is 0 Å². The monoisotopic (exact) mass is 311 g/mol. The van der Waals surface area contributed by atoms with Crippen molar-refractivity contribution in [3.63, 3.8) is 0 Å². The second kappa shape index (κ2) is 8.14. The van der Waals surface area contributed by atoms with Crippen LogP contribution >= 0.6 is 11.3 Å². The summed E-state index contributed by atoms with van der Waals surface area (Å²) in [6.07, 6.45) is 3.81. The number of thiazole rings is 1. The molecule has 0 aliphatic carbocycles. The zero-order valence-corrected chi connectivity index (χ0v) is 15.7. The van der Waals surface area contributed by atoms with E-state index in [1.165, 1.54) is 29.8 Å². The summed E-state index contributed by atoms with van der Waals surface area (Å²) < 4.78 is 0. The van der Waals surface area contributed by atoms with Crippen molar-refractivity contribution in [3.05, 3.63) is 10.6 Å². The van der Waals surface area contributed by atoms with E-state index in [0.29, 0.717) is 6.04 Å². The normalized spacial score (nSPS) is 12.2. The van der Waals surface area contributed by atoms with Gasteiger partial charge in [-0.25, -0.2) is 4.98 Å². The molecule has 0 aliphatic heterocycles. The molecular formula is C17H33N3S. The average Bonchev–Trinajstić information content (AvgIpc) is 2.80. The minimum Gasteiger partial charge on any atom is -0.351 e. The molecule has 0 spiro atoms. The molecule has 1 aromatic rings. The molecule has 21 heavy (non-hydrogen) atoms. The molecule has 0 radical (unpaired) electrons. The van der Waals surface area contributed by atoms with Crippen LogP contribution in [0.2, 0.25) is 0 Å². The highest BCUT2D eigenvalue weighted by Crippen LogP contribution is 2.33. The maximum atomic E-state index is 4.94. The molecule has 1 rings (SSSR count). The van der Waals surface area contributed by atoms with E-state index in [1.807, 2.05) is 11.3 Å². The van der Waals surface area contributed by atoms with Gasteiger partial charge < -0.3 is 10.2 Å². The summed E-state index contributed by atoms with van der Waals surface area (Å²) in [6, 6.07) is 0.505. The van der Waals surface area contributed by atoms with E-state index in [4.69, 9.17) is 4.98 Å². The highest BCUT2D eigenvalue weighted by Gasteiger charge is 2.24. The van der Waals surface area contributed by atoms with Gasteiger partial charge in [0.25, 0.3) is 0 Å². The second-order valence-electron chi connectivity index (χ2n) is 7.18. The van der Waals surface area contributed by atoms with Crippen LogP contribution in [0.15, 0.2) is 0 Å². The van der Waals surface area contributed by atoms with Crippen LogP contribution in [0, 0.1) is 0 Å². The maximum absolute atomic E-state index is 4.94. The Kier molecular flexibility index (Phi) is 7.14. The number of unbranched alkanes of at least 4 members (excludes halogenated alkanes) is 2. The molecule has 0 bridgehead atoms. The van der Waals surface area contributed by atoms with Crippen LogP contribution in [0.25, 0.3) is 0 Å². The number of nitrogens with zero attached hydrogens (tertiary/aromatic N) is 2. The maximum Gasteiger partial charge on any atom is 0.185 e. The Morgan fingerprint density at radius 3 is 2.43 bits per heavy atom. The Labute approximate surface area is 135 Å². The molecular weight excluding hydrogens is 278 g/mol. The molecule has 0 aromatic carbocycles. The molecule has 122 valence electrons. The van der Waals surface area contributed by atoms with Gasteiger partial charge in [-0.05, 0) is 6.42 Å². The molecule has 1 aromatic heterocycles. The lowest BCUT2D eigenvalue weighted by atomic mass is 9.91. The van der Waals surface area contributed by atoms with Gasteiger partial charge in [-0.3, -0.25) is 0 Å². The molecule has 0 unspecified atom stereocenters. The van der Waals surface area contributed by atoms with Gasteiger partial charge in [0.2, 0.25) is 0 Å². The average molecular weight is 312 g/mol. The molecule has 0 fully saturated rings. The predicted molar refractivity (Wildman–Crippen MR) is 95.6 cm³/mol. The molecule has 1 N–H and O–H groups in total. The third-order valence-electron chi connectivity index (χ3n) is 3.49. The van der Waals surface area contributed by atoms with Gasteiger partial charge in [0, 0.05) is 36.5 Å². The van der Waals surface area contributed by atoms with Crippen molar-refractivity contribution in [2.75, 3.05) is 18.5 Å². The van der Waals surface area contributed by atoms with Gasteiger partial charge >= 0.3 is 0 Å². The summed E-state index contributed by atoms with van der Waals surface area (Å²) in [5.41, 5.74) is 1.35. The Bertz CT molecular complexity index is 418. The lowest BCUT2D eigenvalue weighted by Gasteiger charge is -2.18. The van der Waals surface area contributed by atoms with Crippen molar-refractivity contribution in [3.8, 4) is 0 Å². The fourth-order valence-corrected chi connectivity index (χ4v) is 3.41. The largest absolute Gasteiger partial charge is 0.351 e. The minimum absolute atomic E-state index is 0.104. The smallest absolute Gasteiger partial charge is 0.185 e. The highest BCUT2D eigenvalue weighted by molar-refractivity contribution is 7.15. The molecule has 0 amide bonds. The van der Waals surface area contributed by atoms with E-state index in [9.17, 15) is 0 Å². The van der Waals surface area contributed by atoms with Crippen molar-refractivity contribution < 1.29 is 0 Å². The van der Waals surface area contributed by atoms with Gasteiger partial charge in [0.15, 0.2) is 5.13 Å². The van der Waals surface area contributed by atoms with E-state index in [-0.39, 0.29) is 5.41 Å². The van der Waals surface area contributed by atoms with Crippen molar-refractivity contribution >= 4 is 16.5 Å². The van der Waals surface area contributed by atoms with Crippen LogP contribution in [0.4, 0.5) is 5.13 Å². The minimum atomic E-state index is 0.104. The summed E-state index contributed by atoms with van der Waals surface area (Å²) >= 11 is 1.85. The highest BCUT2D eigenvalue weighted by atomic mass is 32.1. The summed E-state index contributed by atoms with van der Waals surface area (Å²) in [5, 5.41) is 4.69. The topological polar surface area (TPSA) is 28.2 Å². The molecule has 0 aliphatic rings. The third kappa shape index (κ3) is 5.95. The zero-order chi connectivity index (χ0) is 16.0. The van der Waals surface area contributed by atoms with Crippen molar-refractivity contribution in [1.82, 2.24) is 10.3 Å². The first-order valence-electron chi connectivity index (χ1n) is 8.20. The van der Waals surface area contributed by atoms with Gasteiger partial charge in [-0.2, -0.15) is 0 Å². The first-order chi connectivity index (χ1) is 9.75. The van der Waals surface area contributed by atoms with Crippen LogP contribution < -0.4 is 10.2 Å². The lowest BCUT2D eigenvalue weighted by Crippen LogP contribution is -2.24. The van der Waals surface area contributed by atoms with Crippen LogP contribution in [0.1, 0.15) is 71.4 Å². The lowest BCUT2D eigenvalue weighted by molar-refractivity contribution is 0.545. The number of nitrogens with one attached hydrogen (secondary N) is 1. The molecule has 3 nitrogen and oxygen atoms in total. The number of anilines is 1. The quantitative estimate of drug-likeness (QED) is 0.713. The summed E-state index contributed by atoms with van der Waals surface area (Å²) in [5.74, 6) is 0. The first-order valence-corrected chi connectivity index (χ1v) is 9.02. The Morgan fingerprint density at radius 1 is 1.24 bits per heavy atom. The van der Waals surface area contributed by atoms with Gasteiger partial charge in [-0.1, -0.05) is 54.4 Å². The Morgan fingerprint density at radius 2 is 1.90 bits per heavy atom. The zero-order valence-electron chi connectivity index (χ0n) is 14.9. The Hall–Kier alpha value is -0.610. The summed E-state index contributed by atoms with van der Waals surface area (Å²) in [4.78, 5) is 8.64. The van der Waals surface area contributed by atoms with Crippen LogP contribution in [-0.2, 0) is 12.0 Å². The van der Waals surface area contributed by atoms with E-state index in [0.717, 1.165) is 18.2 Å².